The molecule has 0 bridgehead atoms. The summed E-state index contributed by atoms with van der Waals surface area (Å²) in [6.45, 7) is 0.140. The van der Waals surface area contributed by atoms with Crippen LogP contribution in [0.5, 0.6) is 0 Å². The molecule has 12 heavy (non-hydrogen) atoms. The minimum absolute atomic E-state index is 0.140. The van der Waals surface area contributed by atoms with Crippen molar-refractivity contribution in [2.45, 2.75) is 19.4 Å². The fourth-order valence-corrected chi connectivity index (χ4v) is 1.57. The first-order chi connectivity index (χ1) is 5.90. The van der Waals surface area contributed by atoms with Crippen molar-refractivity contribution in [3.05, 3.63) is 41.0 Å². The number of aryl methyl sites for hydroxylation is 1. The molecule has 1 aliphatic rings. The molecule has 1 aromatic carbocycles. The van der Waals surface area contributed by atoms with E-state index in [-0.39, 0.29) is 6.61 Å². The summed E-state index contributed by atoms with van der Waals surface area (Å²) >= 11 is 0. The van der Waals surface area contributed by atoms with Gasteiger partial charge < -0.3 is 5.11 Å². The Hall–Kier alpha value is -1.08. The Balaban J connectivity index is 2.44. The molecule has 0 aliphatic heterocycles. The minimum atomic E-state index is 0.140. The second kappa shape index (κ2) is 3.11. The summed E-state index contributed by atoms with van der Waals surface area (Å²) in [6.07, 6.45) is 6.60. The molecule has 0 saturated heterocycles. The number of aliphatic hydroxyl groups excluding tert-OH is 1. The van der Waals surface area contributed by atoms with E-state index in [2.05, 4.69) is 24.3 Å². The van der Waals surface area contributed by atoms with Crippen LogP contribution in [0.25, 0.3) is 6.08 Å². The molecule has 0 unspecified atom stereocenters. The predicted octanol–water partition coefficient (Wildman–Crippen LogP) is 2.14. The third-order valence-electron chi connectivity index (χ3n) is 2.27. The summed E-state index contributed by atoms with van der Waals surface area (Å²) in [5.41, 5.74) is 3.67. The largest absolute Gasteiger partial charge is 0.392 e. The van der Waals surface area contributed by atoms with E-state index in [1.165, 1.54) is 11.1 Å². The van der Waals surface area contributed by atoms with Gasteiger partial charge in [-0.1, -0.05) is 24.3 Å². The van der Waals surface area contributed by atoms with Crippen molar-refractivity contribution >= 4 is 6.08 Å². The topological polar surface area (TPSA) is 20.2 Å². The fraction of sp³-hybridized carbons (Fsp3) is 0.273. The summed E-state index contributed by atoms with van der Waals surface area (Å²) in [5.74, 6) is 0. The molecule has 0 amide bonds. The van der Waals surface area contributed by atoms with Gasteiger partial charge in [-0.15, -0.1) is 0 Å². The van der Waals surface area contributed by atoms with Crippen LogP contribution in [0, 0.1) is 0 Å². The first kappa shape index (κ1) is 7.56. The zero-order valence-electron chi connectivity index (χ0n) is 6.96. The zero-order chi connectivity index (χ0) is 8.39. The highest BCUT2D eigenvalue weighted by molar-refractivity contribution is 5.57. The third-order valence-corrected chi connectivity index (χ3v) is 2.27. The van der Waals surface area contributed by atoms with E-state index in [4.69, 9.17) is 5.11 Å². The summed E-state index contributed by atoms with van der Waals surface area (Å²) in [7, 11) is 0. The lowest BCUT2D eigenvalue weighted by atomic mass is 9.96. The quantitative estimate of drug-likeness (QED) is 0.667. The third kappa shape index (κ3) is 1.28. The molecule has 0 spiro atoms. The van der Waals surface area contributed by atoms with Gasteiger partial charge in [-0.25, -0.2) is 0 Å². The molecule has 0 atom stereocenters. The number of hydrogen-bond donors (Lipinski definition) is 1. The van der Waals surface area contributed by atoms with Crippen LogP contribution in [-0.4, -0.2) is 5.11 Å². The molecule has 1 N–H and O–H groups in total. The normalized spacial score (nSPS) is 14.4. The van der Waals surface area contributed by atoms with Crippen molar-refractivity contribution in [1.29, 1.82) is 0 Å². The molecular weight excluding hydrogens is 148 g/mol. The van der Waals surface area contributed by atoms with Crippen LogP contribution in [0.1, 0.15) is 23.1 Å². The molecule has 1 aliphatic carbocycles. The van der Waals surface area contributed by atoms with E-state index in [0.717, 1.165) is 18.4 Å². The molecular formula is C11H12O. The lowest BCUT2D eigenvalue weighted by Gasteiger charge is -2.10. The molecule has 2 rings (SSSR count). The Morgan fingerprint density at radius 1 is 1.33 bits per heavy atom. The first-order valence-corrected chi connectivity index (χ1v) is 4.29. The van der Waals surface area contributed by atoms with Crippen LogP contribution in [0.4, 0.5) is 0 Å². The number of fused-ring (bicyclic) bond motifs is 1. The number of rotatable bonds is 1. The molecule has 0 radical (unpaired) electrons. The zero-order valence-corrected chi connectivity index (χ0v) is 6.96. The minimum Gasteiger partial charge on any atom is -0.392 e. The van der Waals surface area contributed by atoms with E-state index in [0.29, 0.717) is 0 Å². The second-order valence-corrected chi connectivity index (χ2v) is 3.13. The highest BCUT2D eigenvalue weighted by Gasteiger charge is 2.03. The van der Waals surface area contributed by atoms with Crippen LogP contribution in [0.15, 0.2) is 24.3 Å². The van der Waals surface area contributed by atoms with Gasteiger partial charge in [0, 0.05) is 0 Å². The fourth-order valence-electron chi connectivity index (χ4n) is 1.57. The summed E-state index contributed by atoms with van der Waals surface area (Å²) in [5, 5.41) is 8.92. The average molecular weight is 160 g/mol. The van der Waals surface area contributed by atoms with Gasteiger partial charge in [0.05, 0.1) is 6.61 Å². The van der Waals surface area contributed by atoms with Crippen molar-refractivity contribution in [1.82, 2.24) is 0 Å². The highest BCUT2D eigenvalue weighted by atomic mass is 16.3. The van der Waals surface area contributed by atoms with Crippen LogP contribution < -0.4 is 0 Å². The second-order valence-electron chi connectivity index (χ2n) is 3.13. The van der Waals surface area contributed by atoms with Gasteiger partial charge in [0.2, 0.25) is 0 Å². The maximum atomic E-state index is 8.92. The Bertz CT molecular complexity index is 313. The summed E-state index contributed by atoms with van der Waals surface area (Å²) < 4.78 is 0. The monoisotopic (exact) mass is 160 g/mol. The lowest BCUT2D eigenvalue weighted by molar-refractivity contribution is 0.282. The Labute approximate surface area is 72.4 Å². The van der Waals surface area contributed by atoms with Crippen molar-refractivity contribution < 1.29 is 5.11 Å². The Kier molecular flexibility index (Phi) is 1.96. The molecule has 0 saturated carbocycles. The van der Waals surface area contributed by atoms with Gasteiger partial charge in [0.25, 0.3) is 0 Å². The maximum Gasteiger partial charge on any atom is 0.0682 e. The van der Waals surface area contributed by atoms with Gasteiger partial charge in [-0.05, 0) is 35.6 Å². The molecule has 1 nitrogen and oxygen atoms in total. The predicted molar refractivity (Wildman–Crippen MR) is 49.7 cm³/mol. The first-order valence-electron chi connectivity index (χ1n) is 4.29. The molecule has 62 valence electrons. The van der Waals surface area contributed by atoms with Gasteiger partial charge in [0.15, 0.2) is 0 Å². The number of allylic oxidation sites excluding steroid dienone is 1. The van der Waals surface area contributed by atoms with Gasteiger partial charge >= 0.3 is 0 Å². The van der Waals surface area contributed by atoms with Crippen molar-refractivity contribution in [3.8, 4) is 0 Å². The highest BCUT2D eigenvalue weighted by Crippen LogP contribution is 2.20. The molecule has 1 aromatic rings. The Morgan fingerprint density at radius 2 is 2.25 bits per heavy atom. The smallest absolute Gasteiger partial charge is 0.0682 e. The van der Waals surface area contributed by atoms with Crippen LogP contribution in [0.2, 0.25) is 0 Å². The van der Waals surface area contributed by atoms with Gasteiger partial charge in [-0.3, -0.25) is 0 Å². The summed E-state index contributed by atoms with van der Waals surface area (Å²) in [6, 6.07) is 6.17. The van der Waals surface area contributed by atoms with E-state index in [1.807, 2.05) is 6.07 Å². The van der Waals surface area contributed by atoms with Crippen molar-refractivity contribution in [2.24, 2.45) is 0 Å². The van der Waals surface area contributed by atoms with Gasteiger partial charge in [-0.2, -0.15) is 0 Å². The van der Waals surface area contributed by atoms with E-state index < -0.39 is 0 Å². The van der Waals surface area contributed by atoms with Crippen molar-refractivity contribution in [2.75, 3.05) is 0 Å². The number of hydrogen-bond acceptors (Lipinski definition) is 1. The number of aliphatic hydroxyl groups is 1. The number of benzene rings is 1. The van der Waals surface area contributed by atoms with Crippen LogP contribution in [0.3, 0.4) is 0 Å². The molecule has 0 fully saturated rings. The lowest BCUT2D eigenvalue weighted by Crippen LogP contribution is -1.95. The Morgan fingerprint density at radius 3 is 3.08 bits per heavy atom. The van der Waals surface area contributed by atoms with E-state index in [1.54, 1.807) is 0 Å². The summed E-state index contributed by atoms with van der Waals surface area (Å²) in [4.78, 5) is 0. The van der Waals surface area contributed by atoms with E-state index in [9.17, 15) is 0 Å². The van der Waals surface area contributed by atoms with Crippen LogP contribution >= 0.6 is 0 Å². The van der Waals surface area contributed by atoms with Crippen LogP contribution in [-0.2, 0) is 13.0 Å². The standard InChI is InChI=1S/C11H12O/c12-8-9-5-6-10-3-1-2-4-11(10)7-9/h2,4-7,12H,1,3,8H2. The molecule has 0 heterocycles. The SMILES string of the molecule is OCc1ccc2c(c1)C=CCC2. The average Bonchev–Trinajstić information content (AvgIpc) is 2.17. The van der Waals surface area contributed by atoms with Gasteiger partial charge in [0.1, 0.15) is 0 Å². The van der Waals surface area contributed by atoms with Crippen molar-refractivity contribution in [3.63, 3.8) is 0 Å². The maximum absolute atomic E-state index is 8.92. The van der Waals surface area contributed by atoms with E-state index >= 15 is 0 Å². The molecule has 1 heteroatoms. The molecule has 0 aromatic heterocycles.